The van der Waals surface area contributed by atoms with Gasteiger partial charge in [0, 0.05) is 37.8 Å². The zero-order chi connectivity index (χ0) is 32.9. The van der Waals surface area contributed by atoms with E-state index in [9.17, 15) is 33.0 Å². The first kappa shape index (κ1) is 33.8. The molecule has 4 rings (SSSR count). The Morgan fingerprint density at radius 1 is 1.02 bits per heavy atom. The van der Waals surface area contributed by atoms with E-state index >= 15 is 0 Å². The predicted octanol–water partition coefficient (Wildman–Crippen LogP) is 5.49. The fourth-order valence-corrected chi connectivity index (χ4v) is 5.18. The first-order valence-corrected chi connectivity index (χ1v) is 14.2. The van der Waals surface area contributed by atoms with Crippen LogP contribution in [0.25, 0.3) is 22.6 Å². The molecule has 0 aliphatic rings. The third-order valence-corrected chi connectivity index (χ3v) is 7.36. The number of ether oxygens (including phenoxy) is 2. The van der Waals surface area contributed by atoms with Gasteiger partial charge in [-0.05, 0) is 54.1 Å². The number of aliphatic hydroxyl groups is 2. The number of oxazole rings is 1. The number of halogens is 5. The van der Waals surface area contributed by atoms with Gasteiger partial charge in [-0.1, -0.05) is 29.3 Å². The van der Waals surface area contributed by atoms with Crippen LogP contribution in [0.3, 0.4) is 0 Å². The van der Waals surface area contributed by atoms with Gasteiger partial charge in [-0.25, -0.2) is 9.78 Å². The minimum Gasteiger partial charge on any atom is -0.467 e. The van der Waals surface area contributed by atoms with Gasteiger partial charge in [-0.15, -0.1) is 0 Å². The van der Waals surface area contributed by atoms with E-state index in [1.54, 1.807) is 30.3 Å². The van der Waals surface area contributed by atoms with Gasteiger partial charge >= 0.3 is 18.1 Å². The molecule has 1 heterocycles. The van der Waals surface area contributed by atoms with E-state index < -0.39 is 24.1 Å². The zero-order valence-corrected chi connectivity index (χ0v) is 25.5. The number of nitrogens with zero attached hydrogens (tertiary/aromatic N) is 3. The Hall–Kier alpha value is -4.04. The number of hydrogen-bond acceptors (Lipinski definition) is 9. The van der Waals surface area contributed by atoms with E-state index in [1.165, 1.54) is 12.1 Å². The van der Waals surface area contributed by atoms with Crippen LogP contribution < -0.4 is 9.64 Å². The van der Waals surface area contributed by atoms with Crippen LogP contribution in [0.5, 0.6) is 11.5 Å². The summed E-state index contributed by atoms with van der Waals surface area (Å²) < 4.78 is 55.7. The van der Waals surface area contributed by atoms with E-state index in [-0.39, 0.29) is 57.2 Å². The van der Waals surface area contributed by atoms with Crippen molar-refractivity contribution in [1.29, 1.82) is 0 Å². The summed E-state index contributed by atoms with van der Waals surface area (Å²) in [5.41, 5.74) is 2.45. The van der Waals surface area contributed by atoms with Crippen molar-refractivity contribution in [3.63, 3.8) is 0 Å². The second kappa shape index (κ2) is 14.4. The van der Waals surface area contributed by atoms with Crippen molar-refractivity contribution >= 4 is 51.9 Å². The van der Waals surface area contributed by atoms with Crippen LogP contribution in [0.2, 0.25) is 10.0 Å². The highest BCUT2D eigenvalue weighted by atomic mass is 35.5. The van der Waals surface area contributed by atoms with Gasteiger partial charge in [-0.3, -0.25) is 4.79 Å². The second-order valence-electron chi connectivity index (χ2n) is 9.75. The molecule has 4 aromatic rings. The summed E-state index contributed by atoms with van der Waals surface area (Å²) >= 11 is 12.9. The maximum Gasteiger partial charge on any atom is 0.471 e. The fraction of sp³-hybridized carbons (Fsp3) is 0.300. The molecule has 3 aromatic carbocycles. The topological polar surface area (TPSA) is 126 Å². The van der Waals surface area contributed by atoms with Crippen LogP contribution >= 0.6 is 23.2 Å². The number of amides is 1. The van der Waals surface area contributed by atoms with Crippen molar-refractivity contribution in [3.8, 4) is 23.0 Å². The molecule has 0 aliphatic carbocycles. The second-order valence-corrected chi connectivity index (χ2v) is 10.6. The first-order chi connectivity index (χ1) is 21.4. The molecular formula is C30H28Cl2F3N3O7. The lowest BCUT2D eigenvalue weighted by molar-refractivity contribution is -0.188. The third-order valence-electron chi connectivity index (χ3n) is 6.80. The molecule has 0 spiro atoms. The minimum atomic E-state index is -5.19. The average Bonchev–Trinajstić information content (AvgIpc) is 3.45. The monoisotopic (exact) mass is 669 g/mol. The summed E-state index contributed by atoms with van der Waals surface area (Å²) in [6.07, 6.45) is -5.57. The highest BCUT2D eigenvalue weighted by Gasteiger charge is 2.45. The number of likely N-dealkylation sites (N-methyl/N-ethyl adjacent to an activating group) is 1. The average molecular weight is 670 g/mol. The summed E-state index contributed by atoms with van der Waals surface area (Å²) in [4.78, 5) is 30.7. The number of rotatable bonds is 12. The minimum absolute atomic E-state index is 0.0130. The lowest BCUT2D eigenvalue weighted by Crippen LogP contribution is -2.49. The molecule has 45 heavy (non-hydrogen) atoms. The molecule has 10 nitrogen and oxygen atoms in total. The maximum absolute atomic E-state index is 13.0. The molecular weight excluding hydrogens is 642 g/mol. The lowest BCUT2D eigenvalue weighted by atomic mass is 10.0. The Morgan fingerprint density at radius 3 is 2.20 bits per heavy atom. The van der Waals surface area contributed by atoms with Crippen molar-refractivity contribution in [2.24, 2.45) is 0 Å². The molecule has 0 bridgehead atoms. The maximum atomic E-state index is 13.0. The first-order valence-electron chi connectivity index (χ1n) is 13.4. The van der Waals surface area contributed by atoms with Crippen LogP contribution in [0.15, 0.2) is 59.0 Å². The third kappa shape index (κ3) is 7.79. The largest absolute Gasteiger partial charge is 0.471 e. The molecule has 0 saturated carbocycles. The van der Waals surface area contributed by atoms with Crippen molar-refractivity contribution in [2.75, 3.05) is 45.4 Å². The van der Waals surface area contributed by atoms with Crippen LogP contribution in [-0.4, -0.2) is 84.7 Å². The molecule has 1 aromatic heterocycles. The number of aliphatic hydroxyl groups excluding tert-OH is 2. The molecule has 2 N–H and O–H groups in total. The molecule has 0 saturated heterocycles. The van der Waals surface area contributed by atoms with Gasteiger partial charge < -0.3 is 33.9 Å². The molecule has 0 fully saturated rings. The number of fused-ring (bicyclic) bond motifs is 1. The predicted molar refractivity (Wildman–Crippen MR) is 161 cm³/mol. The Balaban J connectivity index is 1.59. The Kier molecular flexibility index (Phi) is 10.8. The SMILES string of the molecule is COC(=O)[C@H](Cc1cc(Cl)c(Oc2cccc3nc(-c4ccc(N(CCO)CCO)cc4)oc23)c(Cl)c1)N(C)C(=O)C(F)(F)F. The number of methoxy groups -OCH3 is 1. The van der Waals surface area contributed by atoms with E-state index in [1.807, 2.05) is 17.0 Å². The molecule has 1 atom stereocenters. The van der Waals surface area contributed by atoms with E-state index in [2.05, 4.69) is 9.72 Å². The molecule has 1 amide bonds. The van der Waals surface area contributed by atoms with Crippen molar-refractivity contribution in [1.82, 2.24) is 9.88 Å². The van der Waals surface area contributed by atoms with Crippen molar-refractivity contribution in [3.05, 3.63) is 70.2 Å². The smallest absolute Gasteiger partial charge is 0.467 e. The van der Waals surface area contributed by atoms with Crippen LogP contribution in [0, 0.1) is 0 Å². The number of alkyl halides is 3. The number of para-hydroxylation sites is 1. The van der Waals surface area contributed by atoms with E-state index in [0.717, 1.165) is 19.8 Å². The summed E-state index contributed by atoms with van der Waals surface area (Å²) in [5.74, 6) is -2.74. The number of esters is 1. The van der Waals surface area contributed by atoms with Crippen molar-refractivity contribution in [2.45, 2.75) is 18.6 Å². The Morgan fingerprint density at radius 2 is 1.64 bits per heavy atom. The standard InChI is InChI=1S/C30H28Cl2F3N3O7/c1-37(29(42)30(33,34)35)23(28(41)43-2)16-17-14-20(31)25(21(32)15-17)44-24-5-3-4-22-26(24)45-27(36-22)18-6-8-19(9-7-18)38(10-12-39)11-13-40/h3-9,14-15,23,39-40H,10-13,16H2,1-2H3/t23-/m0/s1. The highest BCUT2D eigenvalue weighted by molar-refractivity contribution is 6.37. The molecule has 240 valence electrons. The van der Waals surface area contributed by atoms with Gasteiger partial charge in [-0.2, -0.15) is 13.2 Å². The number of carbonyl (C=O) groups is 2. The molecule has 0 aliphatic heterocycles. The van der Waals surface area contributed by atoms with Crippen LogP contribution in [0.1, 0.15) is 5.56 Å². The number of aromatic nitrogens is 1. The Labute approximate surface area is 265 Å². The summed E-state index contributed by atoms with van der Waals surface area (Å²) in [6.45, 7) is 0.577. The van der Waals surface area contributed by atoms with Crippen molar-refractivity contribution < 1.29 is 46.9 Å². The molecule has 15 heteroatoms. The van der Waals surface area contributed by atoms with Gasteiger partial charge in [0.05, 0.1) is 30.4 Å². The number of carbonyl (C=O) groups excluding carboxylic acids is 2. The van der Waals surface area contributed by atoms with Crippen LogP contribution in [0.4, 0.5) is 18.9 Å². The lowest BCUT2D eigenvalue weighted by Gasteiger charge is -2.27. The molecule has 0 unspecified atom stereocenters. The van der Waals surface area contributed by atoms with Gasteiger partial charge in [0.1, 0.15) is 11.6 Å². The quantitative estimate of drug-likeness (QED) is 0.188. The van der Waals surface area contributed by atoms with E-state index in [4.69, 9.17) is 32.4 Å². The van der Waals surface area contributed by atoms with E-state index in [0.29, 0.717) is 30.1 Å². The summed E-state index contributed by atoms with van der Waals surface area (Å²) in [7, 11) is 1.84. The number of anilines is 1. The zero-order valence-electron chi connectivity index (χ0n) is 24.0. The van der Waals surface area contributed by atoms with Gasteiger partial charge in [0.2, 0.25) is 5.89 Å². The fourth-order valence-electron chi connectivity index (χ4n) is 4.57. The molecule has 0 radical (unpaired) electrons. The summed E-state index contributed by atoms with van der Waals surface area (Å²) in [6, 6.07) is 13.3. The normalized spacial score (nSPS) is 12.2. The van der Waals surface area contributed by atoms with Gasteiger partial charge in [0.15, 0.2) is 17.1 Å². The highest BCUT2D eigenvalue weighted by Crippen LogP contribution is 2.41. The number of hydrogen-bond donors (Lipinski definition) is 2. The Bertz CT molecular complexity index is 1640. The summed E-state index contributed by atoms with van der Waals surface area (Å²) in [5, 5.41) is 18.6. The number of benzene rings is 3. The van der Waals surface area contributed by atoms with Gasteiger partial charge in [0.25, 0.3) is 0 Å². The van der Waals surface area contributed by atoms with Crippen LogP contribution in [-0.2, 0) is 20.7 Å².